The van der Waals surface area contributed by atoms with Crippen LogP contribution in [0.5, 0.6) is 0 Å². The van der Waals surface area contributed by atoms with Crippen LogP contribution >= 0.6 is 0 Å². The number of carbonyl (C=O) groups excluding carboxylic acids is 1. The number of esters is 1. The molecule has 4 rings (SSSR count). The minimum Gasteiger partial charge on any atom is -0.465 e. The fourth-order valence-corrected chi connectivity index (χ4v) is 4.56. The third-order valence-electron chi connectivity index (χ3n) is 6.14. The van der Waals surface area contributed by atoms with Gasteiger partial charge in [-0.05, 0) is 61.4 Å². The molecule has 3 aromatic rings. The van der Waals surface area contributed by atoms with Crippen LogP contribution in [0.2, 0.25) is 0 Å². The van der Waals surface area contributed by atoms with Gasteiger partial charge in [-0.3, -0.25) is 9.80 Å². The zero-order chi connectivity index (χ0) is 21.8. The lowest BCUT2D eigenvalue weighted by Crippen LogP contribution is -2.55. The lowest BCUT2D eigenvalue weighted by Gasteiger charge is -2.44. The van der Waals surface area contributed by atoms with E-state index in [1.54, 1.807) is 0 Å². The number of nitrogens with zero attached hydrogens (tertiary/aromatic N) is 3. The number of rotatable bonds is 6. The third-order valence-corrected chi connectivity index (χ3v) is 6.14. The van der Waals surface area contributed by atoms with Gasteiger partial charge >= 0.3 is 5.97 Å². The molecule has 0 saturated carbocycles. The molecule has 5 heteroatoms. The van der Waals surface area contributed by atoms with E-state index in [1.807, 2.05) is 24.3 Å². The Bertz CT molecular complexity index is 986. The molecule has 0 aliphatic carbocycles. The van der Waals surface area contributed by atoms with E-state index < -0.39 is 0 Å². The maximum absolute atomic E-state index is 11.6. The van der Waals surface area contributed by atoms with Crippen LogP contribution in [0.15, 0.2) is 73.1 Å². The number of ether oxygens (including phenoxy) is 1. The molecule has 31 heavy (non-hydrogen) atoms. The monoisotopic (exact) mass is 417 g/mol. The van der Waals surface area contributed by atoms with Crippen molar-refractivity contribution in [1.82, 2.24) is 14.4 Å². The van der Waals surface area contributed by atoms with E-state index in [2.05, 4.69) is 77.0 Å². The first kappa shape index (κ1) is 21.3. The van der Waals surface area contributed by atoms with Crippen molar-refractivity contribution in [3.8, 4) is 5.69 Å². The summed E-state index contributed by atoms with van der Waals surface area (Å²) in [4.78, 5) is 16.7. The maximum Gasteiger partial charge on any atom is 0.337 e. The molecular weight excluding hydrogens is 386 g/mol. The van der Waals surface area contributed by atoms with E-state index in [1.165, 1.54) is 23.9 Å². The molecule has 162 valence electrons. The maximum atomic E-state index is 11.6. The smallest absolute Gasteiger partial charge is 0.337 e. The highest BCUT2D eigenvalue weighted by molar-refractivity contribution is 5.89. The fourth-order valence-electron chi connectivity index (χ4n) is 4.56. The Morgan fingerprint density at radius 3 is 2.23 bits per heavy atom. The average Bonchev–Trinajstić information content (AvgIpc) is 3.32. The highest BCUT2D eigenvalue weighted by Crippen LogP contribution is 2.22. The summed E-state index contributed by atoms with van der Waals surface area (Å²) in [5.41, 5.74) is 4.37. The predicted molar refractivity (Wildman–Crippen MR) is 123 cm³/mol. The molecule has 2 aromatic carbocycles. The first-order chi connectivity index (χ1) is 15.0. The zero-order valence-corrected chi connectivity index (χ0v) is 18.6. The molecule has 2 atom stereocenters. The van der Waals surface area contributed by atoms with Crippen LogP contribution in [0.4, 0.5) is 0 Å². The minimum absolute atomic E-state index is 0.289. The first-order valence-electron chi connectivity index (χ1n) is 10.9. The Kier molecular flexibility index (Phi) is 6.54. The van der Waals surface area contributed by atoms with Crippen molar-refractivity contribution in [1.29, 1.82) is 0 Å². The Hall–Kier alpha value is -2.89. The summed E-state index contributed by atoms with van der Waals surface area (Å²) in [5.74, 6) is -0.289. The number of carbonyl (C=O) groups is 1. The number of piperazine rings is 1. The number of hydrogen-bond acceptors (Lipinski definition) is 4. The van der Waals surface area contributed by atoms with Crippen LogP contribution < -0.4 is 0 Å². The summed E-state index contributed by atoms with van der Waals surface area (Å²) >= 11 is 0. The second-order valence-electron chi connectivity index (χ2n) is 8.51. The van der Waals surface area contributed by atoms with Crippen LogP contribution in [-0.4, -0.2) is 52.6 Å². The third kappa shape index (κ3) is 5.06. The average molecular weight is 418 g/mol. The molecule has 0 bridgehead atoms. The van der Waals surface area contributed by atoms with Crippen LogP contribution in [0.1, 0.15) is 35.3 Å². The van der Waals surface area contributed by atoms with E-state index in [-0.39, 0.29) is 5.97 Å². The van der Waals surface area contributed by atoms with Crippen LogP contribution in [0.25, 0.3) is 5.69 Å². The van der Waals surface area contributed by atoms with Gasteiger partial charge in [-0.2, -0.15) is 0 Å². The van der Waals surface area contributed by atoms with E-state index in [9.17, 15) is 4.79 Å². The second kappa shape index (κ2) is 9.50. The van der Waals surface area contributed by atoms with Crippen LogP contribution in [0.3, 0.4) is 0 Å². The van der Waals surface area contributed by atoms with E-state index in [0.29, 0.717) is 17.6 Å². The van der Waals surface area contributed by atoms with E-state index in [0.717, 1.165) is 26.2 Å². The number of aromatic nitrogens is 1. The zero-order valence-electron chi connectivity index (χ0n) is 18.6. The number of benzene rings is 2. The SMILES string of the molecule is COC(=O)c1ccc(CN2C[C@@H](C)N(Cc3cccc(-n4cccc4)c3)[C@@H](C)C2)cc1. The Morgan fingerprint density at radius 2 is 1.58 bits per heavy atom. The molecule has 0 unspecified atom stereocenters. The molecule has 1 saturated heterocycles. The van der Waals surface area contributed by atoms with Crippen molar-refractivity contribution in [2.45, 2.75) is 39.0 Å². The molecule has 1 aliphatic heterocycles. The molecule has 0 amide bonds. The molecule has 0 spiro atoms. The van der Waals surface area contributed by atoms with E-state index in [4.69, 9.17) is 4.74 Å². The molecular formula is C26H31N3O2. The molecule has 1 fully saturated rings. The summed E-state index contributed by atoms with van der Waals surface area (Å²) in [6.45, 7) is 8.55. The van der Waals surface area contributed by atoms with Gasteiger partial charge in [-0.25, -0.2) is 4.79 Å². The summed E-state index contributed by atoms with van der Waals surface area (Å²) in [7, 11) is 1.41. The lowest BCUT2D eigenvalue weighted by molar-refractivity contribution is 0.0290. The Balaban J connectivity index is 1.38. The van der Waals surface area contributed by atoms with Crippen molar-refractivity contribution in [2.24, 2.45) is 0 Å². The van der Waals surface area contributed by atoms with Gasteiger partial charge in [0.1, 0.15) is 0 Å². The van der Waals surface area contributed by atoms with Gasteiger partial charge in [0, 0.05) is 56.3 Å². The molecule has 5 nitrogen and oxygen atoms in total. The van der Waals surface area contributed by atoms with Gasteiger partial charge in [-0.1, -0.05) is 24.3 Å². The molecule has 0 N–H and O–H groups in total. The summed E-state index contributed by atoms with van der Waals surface area (Å²) < 4.78 is 6.94. The Morgan fingerprint density at radius 1 is 0.903 bits per heavy atom. The number of methoxy groups -OCH3 is 1. The molecule has 1 aromatic heterocycles. The van der Waals surface area contributed by atoms with Gasteiger partial charge in [0.25, 0.3) is 0 Å². The van der Waals surface area contributed by atoms with E-state index >= 15 is 0 Å². The molecule has 0 radical (unpaired) electrons. The largest absolute Gasteiger partial charge is 0.465 e. The van der Waals surface area contributed by atoms with Crippen molar-refractivity contribution < 1.29 is 9.53 Å². The first-order valence-corrected chi connectivity index (χ1v) is 10.9. The van der Waals surface area contributed by atoms with Crippen LogP contribution in [-0.2, 0) is 17.8 Å². The fraction of sp³-hybridized carbons (Fsp3) is 0.346. The van der Waals surface area contributed by atoms with Crippen molar-refractivity contribution in [3.05, 3.63) is 89.7 Å². The van der Waals surface area contributed by atoms with Crippen molar-refractivity contribution in [2.75, 3.05) is 20.2 Å². The van der Waals surface area contributed by atoms with Gasteiger partial charge < -0.3 is 9.30 Å². The highest BCUT2D eigenvalue weighted by atomic mass is 16.5. The van der Waals surface area contributed by atoms with Gasteiger partial charge in [-0.15, -0.1) is 0 Å². The topological polar surface area (TPSA) is 37.7 Å². The summed E-state index contributed by atoms with van der Waals surface area (Å²) in [6.07, 6.45) is 4.17. The summed E-state index contributed by atoms with van der Waals surface area (Å²) in [6, 6.07) is 21.6. The predicted octanol–water partition coefficient (Wildman–Crippen LogP) is 4.36. The highest BCUT2D eigenvalue weighted by Gasteiger charge is 2.29. The van der Waals surface area contributed by atoms with Gasteiger partial charge in [0.15, 0.2) is 0 Å². The normalized spacial score (nSPS) is 20.0. The molecule has 2 heterocycles. The summed E-state index contributed by atoms with van der Waals surface area (Å²) in [5, 5.41) is 0. The standard InChI is InChI=1S/C26H31N3O2/c1-20-16-27(18-22-9-11-24(12-10-22)26(30)31-3)17-21(2)29(20)19-23-7-6-8-25(15-23)28-13-4-5-14-28/h4-15,20-21H,16-19H2,1-3H3/t20-,21+. The lowest BCUT2D eigenvalue weighted by atomic mass is 10.0. The minimum atomic E-state index is -0.289. The quantitative estimate of drug-likeness (QED) is 0.559. The van der Waals surface area contributed by atoms with Gasteiger partial charge in [0.05, 0.1) is 12.7 Å². The van der Waals surface area contributed by atoms with Crippen LogP contribution in [0, 0.1) is 0 Å². The van der Waals surface area contributed by atoms with Crippen molar-refractivity contribution in [3.63, 3.8) is 0 Å². The molecule has 1 aliphatic rings. The van der Waals surface area contributed by atoms with Gasteiger partial charge in [0.2, 0.25) is 0 Å². The number of hydrogen-bond donors (Lipinski definition) is 0. The second-order valence-corrected chi connectivity index (χ2v) is 8.51. The Labute approximate surface area is 184 Å². The van der Waals surface area contributed by atoms with Crippen molar-refractivity contribution >= 4 is 5.97 Å².